The molecule has 1 N–H and O–H groups in total. The summed E-state index contributed by atoms with van der Waals surface area (Å²) in [6.45, 7) is 0.129. The highest BCUT2D eigenvalue weighted by Gasteiger charge is 2.36. The monoisotopic (exact) mass is 327 g/mol. The average Bonchev–Trinajstić information content (AvgIpc) is 2.79. The molecule has 1 aliphatic rings. The minimum Gasteiger partial charge on any atom is -0.469 e. The number of ether oxygens (including phenoxy) is 1. The summed E-state index contributed by atoms with van der Waals surface area (Å²) in [5.74, 6) is -0.956. The summed E-state index contributed by atoms with van der Waals surface area (Å²) in [5, 5.41) is 9.33. The fourth-order valence-corrected chi connectivity index (χ4v) is 2.54. The molecule has 2 rings (SSSR count). The second kappa shape index (κ2) is 5.71. The van der Waals surface area contributed by atoms with Gasteiger partial charge in [0.2, 0.25) is 5.91 Å². The average molecular weight is 328 g/mol. The van der Waals surface area contributed by atoms with E-state index in [4.69, 9.17) is 0 Å². The Morgan fingerprint density at radius 3 is 2.95 bits per heavy atom. The first-order chi connectivity index (χ1) is 9.06. The SMILES string of the molecule is COC(=O)C1CC(=O)N(c2cc(Br)ccc2CO)C1. The Morgan fingerprint density at radius 1 is 1.58 bits per heavy atom. The van der Waals surface area contributed by atoms with Crippen LogP contribution in [0.25, 0.3) is 0 Å². The van der Waals surface area contributed by atoms with Crippen LogP contribution in [-0.4, -0.2) is 30.6 Å². The molecule has 1 aromatic rings. The second-order valence-electron chi connectivity index (χ2n) is 4.36. The zero-order valence-electron chi connectivity index (χ0n) is 10.4. The van der Waals surface area contributed by atoms with Gasteiger partial charge in [-0.05, 0) is 12.1 Å². The molecule has 1 atom stereocenters. The van der Waals surface area contributed by atoms with Gasteiger partial charge < -0.3 is 14.7 Å². The second-order valence-corrected chi connectivity index (χ2v) is 5.28. The van der Waals surface area contributed by atoms with Crippen molar-refractivity contribution in [2.45, 2.75) is 13.0 Å². The van der Waals surface area contributed by atoms with Gasteiger partial charge >= 0.3 is 5.97 Å². The number of aliphatic hydroxyl groups excluding tert-OH is 1. The lowest BCUT2D eigenvalue weighted by atomic mass is 10.1. The third kappa shape index (κ3) is 2.79. The third-order valence-electron chi connectivity index (χ3n) is 3.17. The first-order valence-corrected chi connectivity index (χ1v) is 6.63. The Bertz CT molecular complexity index is 517. The lowest BCUT2D eigenvalue weighted by Gasteiger charge is -2.19. The van der Waals surface area contributed by atoms with Crippen LogP contribution in [0.15, 0.2) is 22.7 Å². The molecule has 0 aliphatic carbocycles. The molecule has 0 radical (unpaired) electrons. The van der Waals surface area contributed by atoms with Crippen LogP contribution < -0.4 is 4.90 Å². The molecule has 0 spiro atoms. The van der Waals surface area contributed by atoms with Crippen LogP contribution in [0.3, 0.4) is 0 Å². The van der Waals surface area contributed by atoms with E-state index in [9.17, 15) is 14.7 Å². The van der Waals surface area contributed by atoms with Crippen molar-refractivity contribution in [3.63, 3.8) is 0 Å². The lowest BCUT2D eigenvalue weighted by Crippen LogP contribution is -2.27. The van der Waals surface area contributed by atoms with Crippen molar-refractivity contribution in [3.05, 3.63) is 28.2 Å². The molecule has 19 heavy (non-hydrogen) atoms. The minimum atomic E-state index is -0.442. The Hall–Kier alpha value is -1.40. The predicted molar refractivity (Wildman–Crippen MR) is 72.5 cm³/mol. The summed E-state index contributed by atoms with van der Waals surface area (Å²) in [4.78, 5) is 25.0. The number of methoxy groups -OCH3 is 1. The molecule has 1 unspecified atom stereocenters. The van der Waals surface area contributed by atoms with Crippen molar-refractivity contribution < 1.29 is 19.4 Å². The van der Waals surface area contributed by atoms with Gasteiger partial charge in [-0.1, -0.05) is 22.0 Å². The van der Waals surface area contributed by atoms with E-state index < -0.39 is 5.92 Å². The van der Waals surface area contributed by atoms with Crippen molar-refractivity contribution in [2.75, 3.05) is 18.6 Å². The maximum atomic E-state index is 12.0. The van der Waals surface area contributed by atoms with Gasteiger partial charge in [-0.3, -0.25) is 9.59 Å². The number of esters is 1. The molecule has 0 saturated carbocycles. The van der Waals surface area contributed by atoms with Crippen molar-refractivity contribution >= 4 is 33.5 Å². The quantitative estimate of drug-likeness (QED) is 0.854. The summed E-state index contributed by atoms with van der Waals surface area (Å²) < 4.78 is 5.48. The minimum absolute atomic E-state index is 0.136. The molecule has 0 bridgehead atoms. The first-order valence-electron chi connectivity index (χ1n) is 5.84. The number of hydrogen-bond donors (Lipinski definition) is 1. The number of carbonyl (C=O) groups excluding carboxylic acids is 2. The summed E-state index contributed by atoms with van der Waals surface area (Å²) >= 11 is 3.34. The molecule has 6 heteroatoms. The summed E-state index contributed by atoms with van der Waals surface area (Å²) in [6, 6.07) is 5.31. The van der Waals surface area contributed by atoms with E-state index in [1.165, 1.54) is 12.0 Å². The van der Waals surface area contributed by atoms with Crippen LogP contribution >= 0.6 is 15.9 Å². The highest BCUT2D eigenvalue weighted by atomic mass is 79.9. The van der Waals surface area contributed by atoms with Crippen LogP contribution in [0, 0.1) is 5.92 Å². The number of rotatable bonds is 3. The molecule has 1 heterocycles. The zero-order valence-corrected chi connectivity index (χ0v) is 12.0. The van der Waals surface area contributed by atoms with E-state index in [2.05, 4.69) is 20.7 Å². The molecule has 1 aliphatic heterocycles. The molecule has 1 saturated heterocycles. The van der Waals surface area contributed by atoms with Gasteiger partial charge in [0, 0.05) is 23.0 Å². The van der Waals surface area contributed by atoms with Gasteiger partial charge in [-0.15, -0.1) is 0 Å². The van der Waals surface area contributed by atoms with E-state index >= 15 is 0 Å². The standard InChI is InChI=1S/C13H14BrNO4/c1-19-13(18)9-4-12(17)15(6-9)11-5-10(14)3-2-8(11)7-16/h2-3,5,9,16H,4,6-7H2,1H3. The van der Waals surface area contributed by atoms with E-state index in [0.717, 1.165) is 4.47 Å². The number of aliphatic hydroxyl groups is 1. The highest BCUT2D eigenvalue weighted by Crippen LogP contribution is 2.31. The number of anilines is 1. The number of benzene rings is 1. The Kier molecular flexibility index (Phi) is 4.21. The molecule has 1 aromatic carbocycles. The Balaban J connectivity index is 2.30. The fraction of sp³-hybridized carbons (Fsp3) is 0.385. The Morgan fingerprint density at radius 2 is 2.32 bits per heavy atom. The summed E-state index contributed by atoms with van der Waals surface area (Å²) in [6.07, 6.45) is 0.143. The smallest absolute Gasteiger partial charge is 0.311 e. The first kappa shape index (κ1) is 14.0. The molecule has 1 fully saturated rings. The summed E-state index contributed by atoms with van der Waals surface area (Å²) in [5.41, 5.74) is 1.29. The van der Waals surface area contributed by atoms with Crippen LogP contribution in [0.2, 0.25) is 0 Å². The fourth-order valence-electron chi connectivity index (χ4n) is 2.19. The molecule has 5 nitrogen and oxygen atoms in total. The van der Waals surface area contributed by atoms with Crippen LogP contribution in [-0.2, 0) is 20.9 Å². The molecular formula is C13H14BrNO4. The van der Waals surface area contributed by atoms with Gasteiger partial charge in [0.05, 0.1) is 25.3 Å². The number of halogens is 1. The van der Waals surface area contributed by atoms with Crippen LogP contribution in [0.4, 0.5) is 5.69 Å². The molecule has 1 amide bonds. The summed E-state index contributed by atoms with van der Waals surface area (Å²) in [7, 11) is 1.31. The zero-order chi connectivity index (χ0) is 14.0. The molecule has 0 aromatic heterocycles. The molecule has 102 valence electrons. The van der Waals surface area contributed by atoms with Gasteiger partial charge in [0.1, 0.15) is 0 Å². The van der Waals surface area contributed by atoms with Gasteiger partial charge in [0.15, 0.2) is 0 Å². The van der Waals surface area contributed by atoms with Crippen molar-refractivity contribution in [1.82, 2.24) is 0 Å². The number of nitrogens with zero attached hydrogens (tertiary/aromatic N) is 1. The molecular weight excluding hydrogens is 314 g/mol. The van der Waals surface area contributed by atoms with Crippen molar-refractivity contribution in [1.29, 1.82) is 0 Å². The van der Waals surface area contributed by atoms with E-state index in [-0.39, 0.29) is 31.4 Å². The maximum absolute atomic E-state index is 12.0. The maximum Gasteiger partial charge on any atom is 0.311 e. The topological polar surface area (TPSA) is 66.8 Å². The van der Waals surface area contributed by atoms with Gasteiger partial charge in [-0.2, -0.15) is 0 Å². The normalized spacial score (nSPS) is 18.8. The Labute approximate surface area is 119 Å². The lowest BCUT2D eigenvalue weighted by molar-refractivity contribution is -0.145. The van der Waals surface area contributed by atoms with E-state index in [0.29, 0.717) is 11.3 Å². The number of amides is 1. The van der Waals surface area contributed by atoms with E-state index in [1.54, 1.807) is 18.2 Å². The van der Waals surface area contributed by atoms with Crippen molar-refractivity contribution in [2.24, 2.45) is 5.92 Å². The predicted octanol–water partition coefficient (Wildman–Crippen LogP) is 1.47. The van der Waals surface area contributed by atoms with E-state index in [1.807, 2.05) is 0 Å². The van der Waals surface area contributed by atoms with Gasteiger partial charge in [-0.25, -0.2) is 0 Å². The van der Waals surface area contributed by atoms with Crippen molar-refractivity contribution in [3.8, 4) is 0 Å². The number of hydrogen-bond acceptors (Lipinski definition) is 4. The van der Waals surface area contributed by atoms with Crippen LogP contribution in [0.1, 0.15) is 12.0 Å². The van der Waals surface area contributed by atoms with Gasteiger partial charge in [0.25, 0.3) is 0 Å². The van der Waals surface area contributed by atoms with Crippen LogP contribution in [0.5, 0.6) is 0 Å². The third-order valence-corrected chi connectivity index (χ3v) is 3.66. The highest BCUT2D eigenvalue weighted by molar-refractivity contribution is 9.10. The largest absolute Gasteiger partial charge is 0.469 e. The number of carbonyl (C=O) groups is 2.